The first-order chi connectivity index (χ1) is 11.1. The van der Waals surface area contributed by atoms with E-state index in [9.17, 15) is 10.1 Å². The van der Waals surface area contributed by atoms with Crippen LogP contribution in [-0.2, 0) is 4.79 Å². The molecule has 122 valence electrons. The molecule has 0 saturated heterocycles. The third-order valence-corrected chi connectivity index (χ3v) is 4.27. The molecular formula is C19H24N2O2. The van der Waals surface area contributed by atoms with Crippen LogP contribution in [0.2, 0.25) is 0 Å². The largest absolute Gasteiger partial charge is 0.494 e. The maximum Gasteiger partial charge on any atom is 0.262 e. The number of hydrogen-bond donors (Lipinski definition) is 1. The molecule has 4 heteroatoms. The Morgan fingerprint density at radius 1 is 1.43 bits per heavy atom. The molecule has 1 aliphatic rings. The second-order valence-corrected chi connectivity index (χ2v) is 6.02. The molecule has 1 aliphatic carbocycles. The number of amides is 1. The van der Waals surface area contributed by atoms with E-state index in [4.69, 9.17) is 4.74 Å². The Morgan fingerprint density at radius 2 is 2.22 bits per heavy atom. The van der Waals surface area contributed by atoms with Gasteiger partial charge in [-0.05, 0) is 49.5 Å². The summed E-state index contributed by atoms with van der Waals surface area (Å²) < 4.78 is 5.45. The molecule has 1 aromatic carbocycles. The molecule has 0 spiro atoms. The van der Waals surface area contributed by atoms with Crippen LogP contribution in [0.5, 0.6) is 5.75 Å². The quantitative estimate of drug-likeness (QED) is 0.666. The Morgan fingerprint density at radius 3 is 2.91 bits per heavy atom. The monoisotopic (exact) mass is 312 g/mol. The summed E-state index contributed by atoms with van der Waals surface area (Å²) in [4.78, 5) is 12.4. The van der Waals surface area contributed by atoms with E-state index in [1.54, 1.807) is 6.08 Å². The van der Waals surface area contributed by atoms with E-state index in [2.05, 4.69) is 12.2 Å². The fourth-order valence-electron chi connectivity index (χ4n) is 2.95. The molecule has 0 radical (unpaired) electrons. The Hall–Kier alpha value is -2.28. The van der Waals surface area contributed by atoms with Crippen molar-refractivity contribution < 1.29 is 9.53 Å². The van der Waals surface area contributed by atoms with E-state index in [-0.39, 0.29) is 17.5 Å². The Kier molecular flexibility index (Phi) is 6.22. The van der Waals surface area contributed by atoms with Crippen molar-refractivity contribution in [2.75, 3.05) is 6.61 Å². The molecule has 2 rings (SSSR count). The number of ether oxygens (including phenoxy) is 1. The fourth-order valence-corrected chi connectivity index (χ4v) is 2.95. The highest BCUT2D eigenvalue weighted by Gasteiger charge is 2.23. The van der Waals surface area contributed by atoms with E-state index < -0.39 is 0 Å². The smallest absolute Gasteiger partial charge is 0.262 e. The van der Waals surface area contributed by atoms with Gasteiger partial charge in [0, 0.05) is 6.04 Å². The van der Waals surface area contributed by atoms with Gasteiger partial charge in [0.1, 0.15) is 17.4 Å². The van der Waals surface area contributed by atoms with Crippen molar-refractivity contribution in [3.63, 3.8) is 0 Å². The van der Waals surface area contributed by atoms with E-state index in [1.807, 2.05) is 37.3 Å². The highest BCUT2D eigenvalue weighted by atomic mass is 16.5. The second-order valence-electron chi connectivity index (χ2n) is 6.02. The zero-order chi connectivity index (χ0) is 16.7. The number of carbonyl (C=O) groups excluding carboxylic acids is 1. The van der Waals surface area contributed by atoms with E-state index in [1.165, 1.54) is 6.42 Å². The topological polar surface area (TPSA) is 62.1 Å². The minimum atomic E-state index is -0.284. The number of benzene rings is 1. The van der Waals surface area contributed by atoms with Gasteiger partial charge in [0.05, 0.1) is 6.61 Å². The van der Waals surface area contributed by atoms with Crippen molar-refractivity contribution in [3.8, 4) is 11.8 Å². The van der Waals surface area contributed by atoms with Gasteiger partial charge in [-0.3, -0.25) is 4.79 Å². The summed E-state index contributed by atoms with van der Waals surface area (Å²) in [6.07, 6.45) is 6.10. The Bertz CT molecular complexity index is 616. The second kappa shape index (κ2) is 8.38. The van der Waals surface area contributed by atoms with Crippen LogP contribution in [0, 0.1) is 17.2 Å². The van der Waals surface area contributed by atoms with Gasteiger partial charge in [-0.25, -0.2) is 0 Å². The predicted octanol–water partition coefficient (Wildman–Crippen LogP) is 3.69. The van der Waals surface area contributed by atoms with Crippen LogP contribution in [0.25, 0.3) is 6.08 Å². The zero-order valence-electron chi connectivity index (χ0n) is 13.8. The standard InChI is InChI=1S/C19H24N2O2/c1-3-23-17-9-6-8-15(12-17)11-16(13-20)19(22)21-18-10-5-4-7-14(18)2/h6,8-9,11-12,14,18H,3-5,7,10H2,1-2H3,(H,21,22). The number of nitrogens with zero attached hydrogens (tertiary/aromatic N) is 1. The van der Waals surface area contributed by atoms with Gasteiger partial charge in [0.25, 0.3) is 5.91 Å². The van der Waals surface area contributed by atoms with Gasteiger partial charge in [-0.1, -0.05) is 31.9 Å². The summed E-state index contributed by atoms with van der Waals surface area (Å²) in [6, 6.07) is 9.58. The van der Waals surface area contributed by atoms with Gasteiger partial charge in [-0.2, -0.15) is 5.26 Å². The molecule has 2 unspecified atom stereocenters. The molecule has 1 saturated carbocycles. The minimum absolute atomic E-state index is 0.136. The lowest BCUT2D eigenvalue weighted by molar-refractivity contribution is -0.118. The third-order valence-electron chi connectivity index (χ3n) is 4.27. The van der Waals surface area contributed by atoms with Gasteiger partial charge in [0.15, 0.2) is 0 Å². The maximum absolute atomic E-state index is 12.4. The van der Waals surface area contributed by atoms with Crippen molar-refractivity contribution in [2.45, 2.75) is 45.6 Å². The van der Waals surface area contributed by atoms with Crippen molar-refractivity contribution in [1.82, 2.24) is 5.32 Å². The molecular weight excluding hydrogens is 288 g/mol. The highest BCUT2D eigenvalue weighted by Crippen LogP contribution is 2.24. The van der Waals surface area contributed by atoms with Gasteiger partial charge in [0.2, 0.25) is 0 Å². The zero-order valence-corrected chi connectivity index (χ0v) is 13.8. The average Bonchev–Trinajstić information content (AvgIpc) is 2.55. The van der Waals surface area contributed by atoms with Crippen LogP contribution in [0.15, 0.2) is 29.8 Å². The van der Waals surface area contributed by atoms with Crippen LogP contribution in [0.4, 0.5) is 0 Å². The Labute approximate surface area is 138 Å². The molecule has 2 atom stereocenters. The Balaban J connectivity index is 2.10. The lowest BCUT2D eigenvalue weighted by atomic mass is 9.86. The third kappa shape index (κ3) is 4.85. The van der Waals surface area contributed by atoms with Crippen molar-refractivity contribution in [3.05, 3.63) is 35.4 Å². The average molecular weight is 312 g/mol. The van der Waals surface area contributed by atoms with Crippen LogP contribution >= 0.6 is 0 Å². The number of carbonyl (C=O) groups is 1. The lowest BCUT2D eigenvalue weighted by Gasteiger charge is -2.29. The summed E-state index contributed by atoms with van der Waals surface area (Å²) in [6.45, 7) is 4.66. The van der Waals surface area contributed by atoms with Crippen LogP contribution < -0.4 is 10.1 Å². The molecule has 0 heterocycles. The molecule has 1 aromatic rings. The molecule has 23 heavy (non-hydrogen) atoms. The van der Waals surface area contributed by atoms with Crippen molar-refractivity contribution >= 4 is 12.0 Å². The molecule has 1 fully saturated rings. The van der Waals surface area contributed by atoms with Gasteiger partial charge >= 0.3 is 0 Å². The summed E-state index contributed by atoms with van der Waals surface area (Å²) in [5.41, 5.74) is 0.927. The predicted molar refractivity (Wildman–Crippen MR) is 90.8 cm³/mol. The summed E-state index contributed by atoms with van der Waals surface area (Å²) >= 11 is 0. The SMILES string of the molecule is CCOc1cccc(C=C(C#N)C(=O)NC2CCCCC2C)c1. The van der Waals surface area contributed by atoms with Gasteiger partial charge < -0.3 is 10.1 Å². The first-order valence-electron chi connectivity index (χ1n) is 8.29. The normalized spacial score (nSPS) is 21.3. The molecule has 0 aliphatic heterocycles. The first-order valence-corrected chi connectivity index (χ1v) is 8.29. The maximum atomic E-state index is 12.4. The van der Waals surface area contributed by atoms with Gasteiger partial charge in [-0.15, -0.1) is 0 Å². The number of hydrogen-bond acceptors (Lipinski definition) is 3. The number of nitriles is 1. The summed E-state index contributed by atoms with van der Waals surface area (Å²) in [7, 11) is 0. The molecule has 1 N–H and O–H groups in total. The fraction of sp³-hybridized carbons (Fsp3) is 0.474. The number of rotatable bonds is 5. The van der Waals surface area contributed by atoms with Crippen LogP contribution in [0.1, 0.15) is 45.1 Å². The van der Waals surface area contributed by atoms with E-state index in [0.717, 1.165) is 30.6 Å². The minimum Gasteiger partial charge on any atom is -0.494 e. The molecule has 0 aromatic heterocycles. The molecule has 4 nitrogen and oxygen atoms in total. The van der Waals surface area contributed by atoms with Crippen LogP contribution in [-0.4, -0.2) is 18.6 Å². The van der Waals surface area contributed by atoms with Crippen molar-refractivity contribution in [1.29, 1.82) is 5.26 Å². The van der Waals surface area contributed by atoms with Crippen molar-refractivity contribution in [2.24, 2.45) is 5.92 Å². The van der Waals surface area contributed by atoms with E-state index in [0.29, 0.717) is 12.5 Å². The molecule has 1 amide bonds. The summed E-state index contributed by atoms with van der Waals surface area (Å²) in [5, 5.41) is 12.3. The summed E-state index contributed by atoms with van der Waals surface area (Å²) in [5.74, 6) is 0.918. The molecule has 0 bridgehead atoms. The first kappa shape index (κ1) is 17.1. The van der Waals surface area contributed by atoms with Crippen LogP contribution in [0.3, 0.4) is 0 Å². The highest BCUT2D eigenvalue weighted by molar-refractivity contribution is 6.01. The van der Waals surface area contributed by atoms with E-state index >= 15 is 0 Å². The number of nitrogens with one attached hydrogen (secondary N) is 1. The lowest BCUT2D eigenvalue weighted by Crippen LogP contribution is -2.41.